The number of carbonyl (C=O) groups excluding carboxylic acids is 1. The van der Waals surface area contributed by atoms with Gasteiger partial charge in [-0.2, -0.15) is 0 Å². The van der Waals surface area contributed by atoms with E-state index in [4.69, 9.17) is 4.74 Å². The minimum Gasteiger partial charge on any atom is -0.493 e. The Labute approximate surface area is 220 Å². The molecule has 0 aliphatic rings. The number of nitrogens with one attached hydrogen (secondary N) is 1. The van der Waals surface area contributed by atoms with Gasteiger partial charge in [-0.1, -0.05) is 65.3 Å². The van der Waals surface area contributed by atoms with E-state index in [2.05, 4.69) is 70.9 Å². The number of benzene rings is 2. The van der Waals surface area contributed by atoms with Crippen molar-refractivity contribution in [3.05, 3.63) is 76.0 Å². The second-order valence-electron chi connectivity index (χ2n) is 8.75. The maximum atomic E-state index is 12.4. The van der Waals surface area contributed by atoms with Crippen LogP contribution in [0.5, 0.6) is 5.75 Å². The Morgan fingerprint density at radius 1 is 1.23 bits per heavy atom. The number of rotatable bonds is 12. The number of amides is 1. The minimum atomic E-state index is -0.0763. The smallest absolute Gasteiger partial charge is 0.234 e. The van der Waals surface area contributed by atoms with Crippen LogP contribution in [0.3, 0.4) is 0 Å². The van der Waals surface area contributed by atoms with Crippen LogP contribution in [-0.4, -0.2) is 33.0 Å². The van der Waals surface area contributed by atoms with E-state index in [-0.39, 0.29) is 11.7 Å². The van der Waals surface area contributed by atoms with Crippen LogP contribution < -0.4 is 10.1 Å². The first-order valence-electron chi connectivity index (χ1n) is 11.7. The van der Waals surface area contributed by atoms with Crippen LogP contribution in [0.1, 0.15) is 48.7 Å². The first-order valence-corrected chi connectivity index (χ1v) is 13.5. The lowest BCUT2D eigenvalue weighted by Gasteiger charge is -2.15. The predicted octanol–water partition coefficient (Wildman–Crippen LogP) is 6.71. The SMILES string of the molecule is C=CCn1c(CCCOc2cc(C(C)C)c(Br)cc2C)nnc1SCC(=O)Nc1ccc(C)cc1. The van der Waals surface area contributed by atoms with Crippen molar-refractivity contribution in [2.24, 2.45) is 0 Å². The number of hydrogen-bond acceptors (Lipinski definition) is 5. The Hall–Kier alpha value is -2.58. The quantitative estimate of drug-likeness (QED) is 0.152. The van der Waals surface area contributed by atoms with Crippen molar-refractivity contribution >= 4 is 39.3 Å². The van der Waals surface area contributed by atoms with Gasteiger partial charge in [-0.15, -0.1) is 16.8 Å². The number of anilines is 1. The third-order valence-corrected chi connectivity index (χ3v) is 7.14. The summed E-state index contributed by atoms with van der Waals surface area (Å²) >= 11 is 5.03. The summed E-state index contributed by atoms with van der Waals surface area (Å²) in [5, 5.41) is 12.3. The number of thioether (sulfide) groups is 1. The molecule has 0 saturated heterocycles. The molecule has 6 nitrogen and oxygen atoms in total. The maximum absolute atomic E-state index is 12.4. The monoisotopic (exact) mass is 556 g/mol. The van der Waals surface area contributed by atoms with Crippen LogP contribution in [0.2, 0.25) is 0 Å². The molecule has 3 aromatic rings. The first-order chi connectivity index (χ1) is 16.8. The van der Waals surface area contributed by atoms with E-state index in [1.54, 1.807) is 0 Å². The zero-order valence-electron chi connectivity index (χ0n) is 20.8. The molecule has 0 unspecified atom stereocenters. The Morgan fingerprint density at radius 3 is 2.66 bits per heavy atom. The number of halogens is 1. The number of nitrogens with zero attached hydrogens (tertiary/aromatic N) is 3. The number of aromatic nitrogens is 3. The molecule has 0 aliphatic carbocycles. The van der Waals surface area contributed by atoms with E-state index in [1.165, 1.54) is 17.3 Å². The first kappa shape index (κ1) is 27.0. The highest BCUT2D eigenvalue weighted by molar-refractivity contribution is 9.10. The lowest BCUT2D eigenvalue weighted by Crippen LogP contribution is -2.14. The van der Waals surface area contributed by atoms with Crippen LogP contribution in [0.15, 0.2) is 58.7 Å². The fourth-order valence-corrected chi connectivity index (χ4v) is 5.25. The highest BCUT2D eigenvalue weighted by atomic mass is 79.9. The van der Waals surface area contributed by atoms with Crippen LogP contribution in [0.4, 0.5) is 5.69 Å². The molecule has 2 aromatic carbocycles. The molecular formula is C27H33BrN4O2S. The molecule has 186 valence electrons. The largest absolute Gasteiger partial charge is 0.493 e. The predicted molar refractivity (Wildman–Crippen MR) is 148 cm³/mol. The van der Waals surface area contributed by atoms with Crippen molar-refractivity contribution in [1.82, 2.24) is 14.8 Å². The average molecular weight is 558 g/mol. The summed E-state index contributed by atoms with van der Waals surface area (Å²) in [5.41, 5.74) is 4.29. The summed E-state index contributed by atoms with van der Waals surface area (Å²) in [6.45, 7) is 13.5. The summed E-state index contributed by atoms with van der Waals surface area (Å²) in [7, 11) is 0. The highest BCUT2D eigenvalue weighted by Crippen LogP contribution is 2.31. The lowest BCUT2D eigenvalue weighted by molar-refractivity contribution is -0.113. The van der Waals surface area contributed by atoms with Gasteiger partial charge < -0.3 is 14.6 Å². The third kappa shape index (κ3) is 7.70. The van der Waals surface area contributed by atoms with Crippen molar-refractivity contribution in [2.45, 2.75) is 58.2 Å². The van der Waals surface area contributed by atoms with E-state index < -0.39 is 0 Å². The number of carbonyl (C=O) groups is 1. The van der Waals surface area contributed by atoms with Crippen molar-refractivity contribution in [2.75, 3.05) is 17.7 Å². The molecule has 35 heavy (non-hydrogen) atoms. The molecule has 0 bridgehead atoms. The normalized spacial score (nSPS) is 11.0. The van der Waals surface area contributed by atoms with Crippen LogP contribution in [0.25, 0.3) is 0 Å². The fraction of sp³-hybridized carbons (Fsp3) is 0.370. The summed E-state index contributed by atoms with van der Waals surface area (Å²) in [5.74, 6) is 2.38. The second-order valence-corrected chi connectivity index (χ2v) is 10.5. The molecule has 3 rings (SSSR count). The van der Waals surface area contributed by atoms with Gasteiger partial charge in [0, 0.05) is 23.1 Å². The van der Waals surface area contributed by atoms with E-state index in [9.17, 15) is 4.79 Å². The molecule has 0 atom stereocenters. The molecule has 0 aliphatic heterocycles. The standard InChI is InChI=1S/C27H33BrN4O2S/c1-6-13-32-25(8-7-14-34-24-16-22(18(2)3)23(28)15-20(24)5)30-31-27(32)35-17-26(33)29-21-11-9-19(4)10-12-21/h6,9-12,15-16,18H,1,7-8,13-14,17H2,2-5H3,(H,29,33). The Balaban J connectivity index is 1.54. The van der Waals surface area contributed by atoms with Gasteiger partial charge in [0.25, 0.3) is 0 Å². The van der Waals surface area contributed by atoms with Gasteiger partial charge in [0.1, 0.15) is 11.6 Å². The molecule has 1 heterocycles. The number of aryl methyl sites for hydroxylation is 3. The fourth-order valence-electron chi connectivity index (χ4n) is 3.57. The Morgan fingerprint density at radius 2 is 1.97 bits per heavy atom. The minimum absolute atomic E-state index is 0.0763. The van der Waals surface area contributed by atoms with Crippen molar-refractivity contribution in [3.8, 4) is 5.75 Å². The molecule has 0 saturated carbocycles. The molecule has 0 spiro atoms. The van der Waals surface area contributed by atoms with Gasteiger partial charge in [-0.05, 0) is 61.6 Å². The van der Waals surface area contributed by atoms with Crippen molar-refractivity contribution in [3.63, 3.8) is 0 Å². The Bertz CT molecular complexity index is 1160. The lowest BCUT2D eigenvalue weighted by atomic mass is 10.0. The van der Waals surface area contributed by atoms with Gasteiger partial charge in [0.05, 0.1) is 12.4 Å². The van der Waals surface area contributed by atoms with Gasteiger partial charge in [0.15, 0.2) is 5.16 Å². The summed E-state index contributed by atoms with van der Waals surface area (Å²) in [4.78, 5) is 12.4. The van der Waals surface area contributed by atoms with Gasteiger partial charge in [0.2, 0.25) is 5.91 Å². The molecule has 0 fully saturated rings. The Kier molecular flexibility index (Phi) is 9.98. The van der Waals surface area contributed by atoms with Gasteiger partial charge >= 0.3 is 0 Å². The number of allylic oxidation sites excluding steroid dienone is 1. The molecule has 1 aromatic heterocycles. The zero-order chi connectivity index (χ0) is 25.4. The molecule has 1 amide bonds. The van der Waals surface area contributed by atoms with Crippen molar-refractivity contribution in [1.29, 1.82) is 0 Å². The number of ether oxygens (including phenoxy) is 1. The molecular weight excluding hydrogens is 524 g/mol. The van der Waals surface area contributed by atoms with Crippen molar-refractivity contribution < 1.29 is 9.53 Å². The third-order valence-electron chi connectivity index (χ3n) is 5.49. The maximum Gasteiger partial charge on any atom is 0.234 e. The van der Waals surface area contributed by atoms with Gasteiger partial charge in [-0.25, -0.2) is 0 Å². The number of hydrogen-bond donors (Lipinski definition) is 1. The topological polar surface area (TPSA) is 69.0 Å². The molecule has 1 N–H and O–H groups in total. The summed E-state index contributed by atoms with van der Waals surface area (Å²) in [6, 6.07) is 12.0. The van der Waals surface area contributed by atoms with Crippen LogP contribution in [0, 0.1) is 13.8 Å². The average Bonchev–Trinajstić information content (AvgIpc) is 3.19. The zero-order valence-corrected chi connectivity index (χ0v) is 23.2. The van der Waals surface area contributed by atoms with E-state index >= 15 is 0 Å². The van der Waals surface area contributed by atoms with E-state index in [0.717, 1.165) is 45.7 Å². The van der Waals surface area contributed by atoms with E-state index in [1.807, 2.05) is 41.8 Å². The van der Waals surface area contributed by atoms with Gasteiger partial charge in [-0.3, -0.25) is 4.79 Å². The molecule has 0 radical (unpaired) electrons. The summed E-state index contributed by atoms with van der Waals surface area (Å²) < 4.78 is 9.23. The van der Waals surface area contributed by atoms with Crippen LogP contribution in [-0.2, 0) is 17.8 Å². The second kappa shape index (κ2) is 12.9. The molecule has 8 heteroatoms. The van der Waals surface area contributed by atoms with E-state index in [0.29, 0.717) is 24.2 Å². The van der Waals surface area contributed by atoms with Crippen LogP contribution >= 0.6 is 27.7 Å². The highest BCUT2D eigenvalue weighted by Gasteiger charge is 2.14. The summed E-state index contributed by atoms with van der Waals surface area (Å²) in [6.07, 6.45) is 3.35.